The number of rotatable bonds is 3. The highest BCUT2D eigenvalue weighted by molar-refractivity contribution is 5.99. The number of anilines is 2. The SMILES string of the molecule is O=C(Nc1ccc(-c2ccc3c(=O)[nH]cnc3c2)cc1)Nc1ccc(F)c(F)c1. The number of hydrogen-bond acceptors (Lipinski definition) is 3. The van der Waals surface area contributed by atoms with Crippen molar-refractivity contribution in [3.05, 3.63) is 89.0 Å². The summed E-state index contributed by atoms with van der Waals surface area (Å²) in [5.74, 6) is -2.03. The number of urea groups is 1. The number of benzene rings is 3. The molecule has 8 heteroatoms. The maximum Gasteiger partial charge on any atom is 0.323 e. The molecule has 0 atom stereocenters. The van der Waals surface area contributed by atoms with Crippen LogP contribution in [0.25, 0.3) is 22.0 Å². The molecule has 0 saturated heterocycles. The molecular formula is C21H14F2N4O2. The minimum absolute atomic E-state index is 0.136. The Hall–Kier alpha value is -4.07. The number of aromatic nitrogens is 2. The molecule has 1 heterocycles. The number of halogens is 2. The van der Waals surface area contributed by atoms with Gasteiger partial charge in [0.05, 0.1) is 17.2 Å². The highest BCUT2D eigenvalue weighted by atomic mass is 19.2. The summed E-state index contributed by atoms with van der Waals surface area (Å²) >= 11 is 0. The molecule has 3 aromatic carbocycles. The third-order valence-corrected chi connectivity index (χ3v) is 4.30. The summed E-state index contributed by atoms with van der Waals surface area (Å²) in [6.07, 6.45) is 1.35. The molecule has 0 aliphatic carbocycles. The summed E-state index contributed by atoms with van der Waals surface area (Å²) in [7, 11) is 0. The predicted octanol–water partition coefficient (Wildman–Crippen LogP) is 4.51. The number of amides is 2. The van der Waals surface area contributed by atoms with Gasteiger partial charge in [-0.25, -0.2) is 18.6 Å². The van der Waals surface area contributed by atoms with E-state index in [0.29, 0.717) is 16.6 Å². The van der Waals surface area contributed by atoms with Crippen molar-refractivity contribution < 1.29 is 13.6 Å². The lowest BCUT2D eigenvalue weighted by molar-refractivity contribution is 0.262. The van der Waals surface area contributed by atoms with Crippen LogP contribution in [-0.2, 0) is 0 Å². The molecule has 0 spiro atoms. The molecule has 0 radical (unpaired) electrons. The highest BCUT2D eigenvalue weighted by Gasteiger charge is 2.07. The van der Waals surface area contributed by atoms with Crippen molar-refractivity contribution in [1.82, 2.24) is 9.97 Å². The quantitative estimate of drug-likeness (QED) is 0.479. The molecule has 1 aromatic heterocycles. The Labute approximate surface area is 163 Å². The molecule has 3 N–H and O–H groups in total. The number of carbonyl (C=O) groups is 1. The van der Waals surface area contributed by atoms with Crippen molar-refractivity contribution in [2.45, 2.75) is 0 Å². The number of carbonyl (C=O) groups excluding carboxylic acids is 1. The van der Waals surface area contributed by atoms with E-state index < -0.39 is 17.7 Å². The number of fused-ring (bicyclic) bond motifs is 1. The fourth-order valence-corrected chi connectivity index (χ4v) is 2.86. The Kier molecular flexibility index (Phi) is 4.74. The van der Waals surface area contributed by atoms with Gasteiger partial charge in [-0.3, -0.25) is 4.79 Å². The van der Waals surface area contributed by atoms with Crippen molar-refractivity contribution in [3.63, 3.8) is 0 Å². The first-order chi connectivity index (χ1) is 14.0. The van der Waals surface area contributed by atoms with Crippen LogP contribution in [0.3, 0.4) is 0 Å². The Morgan fingerprint density at radius 1 is 0.828 bits per heavy atom. The maximum atomic E-state index is 13.2. The van der Waals surface area contributed by atoms with Crippen molar-refractivity contribution in [3.8, 4) is 11.1 Å². The first-order valence-electron chi connectivity index (χ1n) is 8.60. The van der Waals surface area contributed by atoms with Gasteiger partial charge >= 0.3 is 6.03 Å². The second kappa shape index (κ2) is 7.51. The minimum Gasteiger partial charge on any atom is -0.313 e. The number of H-pyrrole nitrogens is 1. The molecule has 0 fully saturated rings. The van der Waals surface area contributed by atoms with Gasteiger partial charge in [0.15, 0.2) is 11.6 Å². The van der Waals surface area contributed by atoms with Gasteiger partial charge in [-0.2, -0.15) is 0 Å². The normalized spacial score (nSPS) is 10.7. The Morgan fingerprint density at radius 2 is 1.52 bits per heavy atom. The number of nitrogens with one attached hydrogen (secondary N) is 3. The van der Waals surface area contributed by atoms with Gasteiger partial charge in [-0.15, -0.1) is 0 Å². The molecule has 0 unspecified atom stereocenters. The van der Waals surface area contributed by atoms with E-state index in [9.17, 15) is 18.4 Å². The van der Waals surface area contributed by atoms with Gasteiger partial charge in [0.25, 0.3) is 5.56 Å². The van der Waals surface area contributed by atoms with Gasteiger partial charge in [0, 0.05) is 17.4 Å². The summed E-state index contributed by atoms with van der Waals surface area (Å²) in [6, 6.07) is 14.9. The second-order valence-corrected chi connectivity index (χ2v) is 6.25. The number of hydrogen-bond donors (Lipinski definition) is 3. The number of nitrogens with zero attached hydrogens (tertiary/aromatic N) is 1. The zero-order chi connectivity index (χ0) is 20.4. The van der Waals surface area contributed by atoms with E-state index in [-0.39, 0.29) is 11.2 Å². The first-order valence-corrected chi connectivity index (χ1v) is 8.60. The molecule has 4 rings (SSSR count). The van der Waals surface area contributed by atoms with Gasteiger partial charge in [-0.05, 0) is 47.5 Å². The molecule has 29 heavy (non-hydrogen) atoms. The van der Waals surface area contributed by atoms with Crippen molar-refractivity contribution in [2.75, 3.05) is 10.6 Å². The number of aromatic amines is 1. The summed E-state index contributed by atoms with van der Waals surface area (Å²) < 4.78 is 26.2. The highest BCUT2D eigenvalue weighted by Crippen LogP contribution is 2.24. The average Bonchev–Trinajstić information content (AvgIpc) is 2.71. The summed E-state index contributed by atoms with van der Waals surface area (Å²) in [6.45, 7) is 0. The standard InChI is InChI=1S/C21H14F2N4O2/c22-17-8-6-15(10-18(17)23)27-21(29)26-14-4-1-12(2-5-14)13-3-7-16-19(9-13)24-11-25-20(16)28/h1-11H,(H,24,25,28)(H2,26,27,29). The fourth-order valence-electron chi connectivity index (χ4n) is 2.86. The van der Waals surface area contributed by atoms with E-state index in [1.807, 2.05) is 24.3 Å². The van der Waals surface area contributed by atoms with Crippen molar-refractivity contribution >= 4 is 28.3 Å². The predicted molar refractivity (Wildman–Crippen MR) is 107 cm³/mol. The van der Waals surface area contributed by atoms with Crippen LogP contribution >= 0.6 is 0 Å². The Balaban J connectivity index is 1.48. The summed E-state index contributed by atoms with van der Waals surface area (Å²) in [5, 5.41) is 5.55. The van der Waals surface area contributed by atoms with E-state index in [4.69, 9.17) is 0 Å². The maximum absolute atomic E-state index is 13.2. The molecular weight excluding hydrogens is 378 g/mol. The minimum atomic E-state index is -1.04. The topological polar surface area (TPSA) is 86.9 Å². The van der Waals surface area contributed by atoms with E-state index in [2.05, 4.69) is 20.6 Å². The molecule has 0 aliphatic rings. The third-order valence-electron chi connectivity index (χ3n) is 4.30. The van der Waals surface area contributed by atoms with Crippen LogP contribution in [0.1, 0.15) is 0 Å². The largest absolute Gasteiger partial charge is 0.323 e. The van der Waals surface area contributed by atoms with Crippen LogP contribution in [0.2, 0.25) is 0 Å². The first kappa shape index (κ1) is 18.3. The smallest absolute Gasteiger partial charge is 0.313 e. The molecule has 2 amide bonds. The van der Waals surface area contributed by atoms with Crippen molar-refractivity contribution in [1.29, 1.82) is 0 Å². The fraction of sp³-hybridized carbons (Fsp3) is 0. The van der Waals surface area contributed by atoms with Gasteiger partial charge in [0.2, 0.25) is 0 Å². The van der Waals surface area contributed by atoms with Crippen LogP contribution in [0.15, 0.2) is 71.8 Å². The Morgan fingerprint density at radius 3 is 2.28 bits per heavy atom. The van der Waals surface area contributed by atoms with Crippen LogP contribution in [0.5, 0.6) is 0 Å². The van der Waals surface area contributed by atoms with E-state index in [0.717, 1.165) is 23.3 Å². The third kappa shape index (κ3) is 3.96. The Bertz CT molecular complexity index is 1270. The molecule has 6 nitrogen and oxygen atoms in total. The molecule has 0 saturated carbocycles. The monoisotopic (exact) mass is 392 g/mol. The zero-order valence-corrected chi connectivity index (χ0v) is 14.9. The molecule has 4 aromatic rings. The van der Waals surface area contributed by atoms with Gasteiger partial charge < -0.3 is 15.6 Å². The van der Waals surface area contributed by atoms with E-state index >= 15 is 0 Å². The van der Waals surface area contributed by atoms with Crippen molar-refractivity contribution in [2.24, 2.45) is 0 Å². The van der Waals surface area contributed by atoms with Gasteiger partial charge in [-0.1, -0.05) is 18.2 Å². The second-order valence-electron chi connectivity index (χ2n) is 6.25. The molecule has 144 valence electrons. The van der Waals surface area contributed by atoms with Crippen LogP contribution in [0, 0.1) is 11.6 Å². The lowest BCUT2D eigenvalue weighted by Crippen LogP contribution is -2.19. The van der Waals surface area contributed by atoms with Crippen LogP contribution in [0.4, 0.5) is 25.0 Å². The lowest BCUT2D eigenvalue weighted by atomic mass is 10.0. The van der Waals surface area contributed by atoms with E-state index in [1.54, 1.807) is 18.2 Å². The van der Waals surface area contributed by atoms with E-state index in [1.165, 1.54) is 12.4 Å². The zero-order valence-electron chi connectivity index (χ0n) is 14.9. The van der Waals surface area contributed by atoms with Gasteiger partial charge in [0.1, 0.15) is 0 Å². The lowest BCUT2D eigenvalue weighted by Gasteiger charge is -2.09. The molecule has 0 bridgehead atoms. The van der Waals surface area contributed by atoms with Crippen LogP contribution < -0.4 is 16.2 Å². The average molecular weight is 392 g/mol. The summed E-state index contributed by atoms with van der Waals surface area (Å²) in [4.78, 5) is 30.5. The molecule has 0 aliphatic heterocycles. The summed E-state index contributed by atoms with van der Waals surface area (Å²) in [5.41, 5.74) is 2.78. The van der Waals surface area contributed by atoms with Crippen LogP contribution in [-0.4, -0.2) is 16.0 Å².